The van der Waals surface area contributed by atoms with Gasteiger partial charge in [0.05, 0.1) is 15.8 Å². The van der Waals surface area contributed by atoms with Crippen molar-refractivity contribution in [2.24, 2.45) is 5.92 Å². The lowest BCUT2D eigenvalue weighted by atomic mass is 9.69. The molecule has 4 rings (SSSR count). The monoisotopic (exact) mass is 389 g/mol. The van der Waals surface area contributed by atoms with E-state index in [1.165, 1.54) is 0 Å². The summed E-state index contributed by atoms with van der Waals surface area (Å²) in [7, 11) is -3.56. The quantitative estimate of drug-likeness (QED) is 0.693. The van der Waals surface area contributed by atoms with Crippen molar-refractivity contribution in [1.29, 1.82) is 0 Å². The number of sulfonamides is 1. The van der Waals surface area contributed by atoms with E-state index in [1.807, 2.05) is 36.4 Å². The van der Waals surface area contributed by atoms with Crippen LogP contribution in [0.3, 0.4) is 0 Å². The second kappa shape index (κ2) is 6.99. The zero-order valence-corrected chi connectivity index (χ0v) is 16.3. The lowest BCUT2D eigenvalue weighted by Crippen LogP contribution is -2.53. The number of rotatable bonds is 3. The Bertz CT molecular complexity index is 856. The summed E-state index contributed by atoms with van der Waals surface area (Å²) in [6, 6.07) is 18.6. The highest BCUT2D eigenvalue weighted by Gasteiger charge is 2.51. The minimum Gasteiger partial charge on any atom is -0.207 e. The van der Waals surface area contributed by atoms with Gasteiger partial charge < -0.3 is 0 Å². The molecule has 0 unspecified atom stereocenters. The Balaban J connectivity index is 1.81. The summed E-state index contributed by atoms with van der Waals surface area (Å²) in [5, 5.41) is 0. The molecule has 2 aromatic rings. The molecule has 1 heterocycles. The minimum absolute atomic E-state index is 0.146. The third-order valence-corrected chi connectivity index (χ3v) is 8.51. The molecule has 0 spiro atoms. The average Bonchev–Trinajstić information content (AvgIpc) is 2.68. The van der Waals surface area contributed by atoms with Gasteiger partial charge >= 0.3 is 0 Å². The Morgan fingerprint density at radius 3 is 2.27 bits per heavy atom. The molecule has 5 heteroatoms. The van der Waals surface area contributed by atoms with Crippen LogP contribution in [0.1, 0.15) is 43.7 Å². The summed E-state index contributed by atoms with van der Waals surface area (Å²) in [6.45, 7) is 0.469. The van der Waals surface area contributed by atoms with Crippen molar-refractivity contribution in [1.82, 2.24) is 4.31 Å². The van der Waals surface area contributed by atoms with Crippen LogP contribution in [0.5, 0.6) is 0 Å². The predicted molar refractivity (Wildman–Crippen MR) is 105 cm³/mol. The molecule has 0 radical (unpaired) electrons. The maximum atomic E-state index is 13.4. The fourth-order valence-electron chi connectivity index (χ4n) is 4.66. The molecular weight excluding hydrogens is 366 g/mol. The van der Waals surface area contributed by atoms with Gasteiger partial charge in [-0.05, 0) is 42.9 Å². The van der Waals surface area contributed by atoms with Crippen molar-refractivity contribution in [2.45, 2.75) is 47.9 Å². The lowest BCUT2D eigenvalue weighted by Gasteiger charge is -2.51. The Kier molecular flexibility index (Phi) is 4.84. The first kappa shape index (κ1) is 18.0. The summed E-state index contributed by atoms with van der Waals surface area (Å²) < 4.78 is 28.6. The number of benzene rings is 2. The van der Waals surface area contributed by atoms with E-state index in [-0.39, 0.29) is 16.8 Å². The molecule has 1 saturated heterocycles. The van der Waals surface area contributed by atoms with Crippen LogP contribution < -0.4 is 0 Å². The maximum Gasteiger partial charge on any atom is 0.243 e. The highest BCUT2D eigenvalue weighted by atomic mass is 35.5. The Morgan fingerprint density at radius 2 is 1.58 bits per heavy atom. The third-order valence-electron chi connectivity index (χ3n) is 5.95. The van der Waals surface area contributed by atoms with Crippen molar-refractivity contribution >= 4 is 21.6 Å². The van der Waals surface area contributed by atoms with Crippen molar-refractivity contribution in [3.63, 3.8) is 0 Å². The van der Waals surface area contributed by atoms with Gasteiger partial charge in [0.1, 0.15) is 0 Å². The van der Waals surface area contributed by atoms with Crippen molar-refractivity contribution in [3.05, 3.63) is 66.2 Å². The van der Waals surface area contributed by atoms with Crippen LogP contribution in [-0.4, -0.2) is 24.1 Å². The first-order valence-electron chi connectivity index (χ1n) is 9.33. The molecule has 2 aliphatic rings. The highest BCUT2D eigenvalue weighted by Crippen LogP contribution is 2.53. The number of halogens is 1. The molecule has 1 aliphatic carbocycles. The maximum absolute atomic E-state index is 13.4. The molecule has 0 bridgehead atoms. The van der Waals surface area contributed by atoms with Crippen molar-refractivity contribution in [3.8, 4) is 0 Å². The van der Waals surface area contributed by atoms with E-state index in [2.05, 4.69) is 0 Å². The van der Waals surface area contributed by atoms with Gasteiger partial charge in [0.25, 0.3) is 0 Å². The molecular formula is C21H24ClNO2S. The third kappa shape index (κ3) is 3.08. The summed E-state index contributed by atoms with van der Waals surface area (Å²) in [5.41, 5.74) is 1.05. The summed E-state index contributed by atoms with van der Waals surface area (Å²) >= 11 is 7.06. The van der Waals surface area contributed by atoms with Gasteiger partial charge in [-0.15, -0.1) is 11.6 Å². The average molecular weight is 390 g/mol. The molecule has 2 fully saturated rings. The van der Waals surface area contributed by atoms with E-state index >= 15 is 0 Å². The highest BCUT2D eigenvalue weighted by molar-refractivity contribution is 7.89. The second-order valence-electron chi connectivity index (χ2n) is 7.42. The van der Waals surface area contributed by atoms with E-state index in [0.29, 0.717) is 17.9 Å². The van der Waals surface area contributed by atoms with E-state index in [1.54, 1.807) is 28.6 Å². The van der Waals surface area contributed by atoms with Gasteiger partial charge in [-0.25, -0.2) is 8.42 Å². The van der Waals surface area contributed by atoms with Gasteiger partial charge in [-0.1, -0.05) is 61.4 Å². The van der Waals surface area contributed by atoms with Crippen LogP contribution in [0.2, 0.25) is 0 Å². The number of nitrogens with zero attached hydrogens (tertiary/aromatic N) is 1. The van der Waals surface area contributed by atoms with Crippen LogP contribution in [0, 0.1) is 5.92 Å². The zero-order valence-electron chi connectivity index (χ0n) is 14.7. The number of piperidine rings is 1. The normalized spacial score (nSPS) is 29.9. The number of hydrogen-bond donors (Lipinski definition) is 0. The summed E-state index contributed by atoms with van der Waals surface area (Å²) in [6.07, 6.45) is 4.91. The molecule has 1 aliphatic heterocycles. The molecule has 138 valence electrons. The van der Waals surface area contributed by atoms with Crippen LogP contribution in [0.15, 0.2) is 65.6 Å². The van der Waals surface area contributed by atoms with E-state index in [0.717, 1.165) is 31.2 Å². The van der Waals surface area contributed by atoms with Crippen LogP contribution in [0.25, 0.3) is 0 Å². The van der Waals surface area contributed by atoms with Crippen molar-refractivity contribution in [2.75, 3.05) is 6.54 Å². The zero-order chi connectivity index (χ0) is 18.2. The Hall–Kier alpha value is -1.36. The molecule has 26 heavy (non-hydrogen) atoms. The van der Waals surface area contributed by atoms with Crippen molar-refractivity contribution < 1.29 is 8.42 Å². The fourth-order valence-corrected chi connectivity index (χ4v) is 6.78. The van der Waals surface area contributed by atoms with Crippen LogP contribution >= 0.6 is 11.6 Å². The lowest BCUT2D eigenvalue weighted by molar-refractivity contribution is 0.0933. The summed E-state index contributed by atoms with van der Waals surface area (Å²) in [5.74, 6) is 0.146. The Labute approximate surface area is 161 Å². The molecule has 2 aromatic carbocycles. The second-order valence-corrected chi connectivity index (χ2v) is 10.1. The van der Waals surface area contributed by atoms with Gasteiger partial charge in [-0.3, -0.25) is 0 Å². The topological polar surface area (TPSA) is 37.4 Å². The number of hydrogen-bond acceptors (Lipinski definition) is 2. The molecule has 0 aromatic heterocycles. The fraction of sp³-hybridized carbons (Fsp3) is 0.429. The van der Waals surface area contributed by atoms with Crippen LogP contribution in [-0.2, 0) is 10.0 Å². The van der Waals surface area contributed by atoms with E-state index in [4.69, 9.17) is 11.6 Å². The van der Waals surface area contributed by atoms with Gasteiger partial charge in [-0.2, -0.15) is 4.31 Å². The predicted octanol–water partition coefficient (Wildman–Crippen LogP) is 4.99. The van der Waals surface area contributed by atoms with Crippen LogP contribution in [0.4, 0.5) is 0 Å². The molecule has 3 nitrogen and oxygen atoms in total. The minimum atomic E-state index is -3.56. The first-order valence-corrected chi connectivity index (χ1v) is 11.1. The van der Waals surface area contributed by atoms with E-state index < -0.39 is 10.0 Å². The van der Waals surface area contributed by atoms with Gasteiger partial charge in [0.2, 0.25) is 10.0 Å². The molecule has 1 saturated carbocycles. The largest absolute Gasteiger partial charge is 0.243 e. The van der Waals surface area contributed by atoms with Gasteiger partial charge in [0.15, 0.2) is 0 Å². The van der Waals surface area contributed by atoms with E-state index in [9.17, 15) is 8.42 Å². The SMILES string of the molecule is O=S(=O)(c1ccccc1)N1CC[C@]2(Cl)CCCC[C@@H]2[C@H]1c1ccccc1. The standard InChI is InChI=1S/C21H24ClNO2S/c22-21-14-8-7-13-19(21)20(17-9-3-1-4-10-17)23(16-15-21)26(24,25)18-11-5-2-6-12-18/h1-6,9-12,19-20H,7-8,13-16H2/t19-,20-,21-/m1/s1. The number of fused-ring (bicyclic) bond motifs is 1. The molecule has 0 N–H and O–H groups in total. The number of alkyl halides is 1. The molecule has 0 amide bonds. The summed E-state index contributed by atoms with van der Waals surface area (Å²) in [4.78, 5) is 0.0698. The Morgan fingerprint density at radius 1 is 0.923 bits per heavy atom. The molecule has 3 atom stereocenters. The smallest absolute Gasteiger partial charge is 0.207 e. The van der Waals surface area contributed by atoms with Gasteiger partial charge in [0, 0.05) is 6.54 Å². The first-order chi connectivity index (χ1) is 12.5.